The summed E-state index contributed by atoms with van der Waals surface area (Å²) >= 11 is 0. The third-order valence-electron chi connectivity index (χ3n) is 4.06. The highest BCUT2D eigenvalue weighted by atomic mass is 19.1. The zero-order valence-corrected chi connectivity index (χ0v) is 11.9. The molecule has 2 aromatic carbocycles. The molecule has 1 aliphatic heterocycles. The second kappa shape index (κ2) is 4.88. The van der Waals surface area contributed by atoms with E-state index in [2.05, 4.69) is 5.32 Å². The number of carbonyl (C=O) groups is 1. The number of hydrogen-bond acceptors (Lipinski definition) is 2. The first-order valence-electron chi connectivity index (χ1n) is 6.78. The van der Waals surface area contributed by atoms with Crippen molar-refractivity contribution in [2.75, 3.05) is 12.4 Å². The van der Waals surface area contributed by atoms with Crippen LogP contribution < -0.4 is 10.1 Å². The molecule has 0 fully saturated rings. The van der Waals surface area contributed by atoms with E-state index in [4.69, 9.17) is 4.74 Å². The lowest BCUT2D eigenvalue weighted by Crippen LogP contribution is -2.33. The zero-order chi connectivity index (χ0) is 15.0. The van der Waals surface area contributed by atoms with Crippen molar-refractivity contribution in [3.8, 4) is 5.75 Å². The number of halogens is 1. The normalized spacial score (nSPS) is 20.0. The van der Waals surface area contributed by atoms with E-state index in [0.717, 1.165) is 11.3 Å². The Labute approximate surface area is 122 Å². The van der Waals surface area contributed by atoms with Gasteiger partial charge in [-0.3, -0.25) is 4.79 Å². The summed E-state index contributed by atoms with van der Waals surface area (Å²) in [5, 5.41) is 2.83. The van der Waals surface area contributed by atoms with E-state index in [1.807, 2.05) is 31.2 Å². The van der Waals surface area contributed by atoms with Gasteiger partial charge < -0.3 is 10.1 Å². The van der Waals surface area contributed by atoms with Gasteiger partial charge in [-0.2, -0.15) is 0 Å². The maximum atomic E-state index is 13.6. The van der Waals surface area contributed by atoms with Gasteiger partial charge in [0.2, 0.25) is 5.91 Å². The van der Waals surface area contributed by atoms with Crippen molar-refractivity contribution in [3.63, 3.8) is 0 Å². The maximum Gasteiger partial charge on any atom is 0.235 e. The second-order valence-electron chi connectivity index (χ2n) is 5.46. The minimum atomic E-state index is -0.800. The average Bonchev–Trinajstić information content (AvgIpc) is 2.72. The lowest BCUT2D eigenvalue weighted by atomic mass is 9.78. The first-order valence-corrected chi connectivity index (χ1v) is 6.78. The molecule has 0 saturated heterocycles. The van der Waals surface area contributed by atoms with Gasteiger partial charge >= 0.3 is 0 Å². The molecule has 1 atom stereocenters. The van der Waals surface area contributed by atoms with Crippen molar-refractivity contribution in [1.29, 1.82) is 0 Å². The van der Waals surface area contributed by atoms with Gasteiger partial charge in [-0.1, -0.05) is 18.2 Å². The molecule has 0 bridgehead atoms. The fourth-order valence-electron chi connectivity index (χ4n) is 2.87. The van der Waals surface area contributed by atoms with Crippen LogP contribution in [0.1, 0.15) is 18.1 Å². The van der Waals surface area contributed by atoms with Crippen LogP contribution in [0.3, 0.4) is 0 Å². The van der Waals surface area contributed by atoms with E-state index in [1.165, 1.54) is 12.1 Å². The number of benzene rings is 2. The molecular formula is C17H16FNO2. The molecule has 2 aromatic rings. The van der Waals surface area contributed by atoms with Crippen LogP contribution in [0.4, 0.5) is 10.1 Å². The highest BCUT2D eigenvalue weighted by Gasteiger charge is 2.43. The smallest absolute Gasteiger partial charge is 0.235 e. The first kappa shape index (κ1) is 13.6. The van der Waals surface area contributed by atoms with Crippen LogP contribution in [0.5, 0.6) is 5.75 Å². The van der Waals surface area contributed by atoms with Crippen LogP contribution in [0.2, 0.25) is 0 Å². The minimum absolute atomic E-state index is 0.117. The summed E-state index contributed by atoms with van der Waals surface area (Å²) in [6.45, 7) is 1.83. The number of carbonyl (C=O) groups excluding carboxylic acids is 1. The van der Waals surface area contributed by atoms with Crippen LogP contribution in [0.25, 0.3) is 0 Å². The maximum absolute atomic E-state index is 13.6. The quantitative estimate of drug-likeness (QED) is 0.939. The number of fused-ring (bicyclic) bond motifs is 1. The Kier molecular flexibility index (Phi) is 3.16. The topological polar surface area (TPSA) is 38.3 Å². The van der Waals surface area contributed by atoms with Gasteiger partial charge in [-0.15, -0.1) is 0 Å². The first-order chi connectivity index (χ1) is 10.0. The Bertz CT molecular complexity index is 714. The molecule has 1 aliphatic rings. The number of rotatable bonds is 3. The van der Waals surface area contributed by atoms with E-state index in [-0.39, 0.29) is 11.7 Å². The predicted octanol–water partition coefficient (Wildman–Crippen LogP) is 3.29. The number of hydrogen-bond donors (Lipinski definition) is 1. The minimum Gasteiger partial charge on any atom is -0.496 e. The predicted molar refractivity (Wildman–Crippen MR) is 79.1 cm³/mol. The molecule has 4 heteroatoms. The van der Waals surface area contributed by atoms with Gasteiger partial charge in [0.15, 0.2) is 0 Å². The van der Waals surface area contributed by atoms with Gasteiger partial charge in [0, 0.05) is 5.69 Å². The molecule has 0 saturated carbocycles. The Balaban J connectivity index is 2.05. The summed E-state index contributed by atoms with van der Waals surface area (Å²) in [5.41, 5.74) is 1.50. The molecule has 3 nitrogen and oxygen atoms in total. The van der Waals surface area contributed by atoms with Gasteiger partial charge in [0.1, 0.15) is 11.6 Å². The standard InChI is InChI=1S/C17H16FNO2/c1-17(10-11-5-3-4-6-15(11)21-2)13-9-12(18)7-8-14(13)19-16(17)20/h3-9H,10H2,1-2H3,(H,19,20). The van der Waals surface area contributed by atoms with Crippen molar-refractivity contribution in [2.45, 2.75) is 18.8 Å². The van der Waals surface area contributed by atoms with Crippen LogP contribution in [0.15, 0.2) is 42.5 Å². The number of anilines is 1. The Hall–Kier alpha value is -2.36. The molecule has 1 N–H and O–H groups in total. The third kappa shape index (κ3) is 2.17. The van der Waals surface area contributed by atoms with Gasteiger partial charge in [-0.25, -0.2) is 4.39 Å². The summed E-state index contributed by atoms with van der Waals surface area (Å²) in [6, 6.07) is 12.0. The SMILES string of the molecule is COc1ccccc1CC1(C)C(=O)Nc2ccc(F)cc21. The fraction of sp³-hybridized carbons (Fsp3) is 0.235. The number of ether oxygens (including phenoxy) is 1. The van der Waals surface area contributed by atoms with E-state index >= 15 is 0 Å². The van der Waals surface area contributed by atoms with Crippen LogP contribution in [0, 0.1) is 5.82 Å². The molecule has 0 radical (unpaired) electrons. The number of methoxy groups -OCH3 is 1. The Morgan fingerprint density at radius 2 is 2.00 bits per heavy atom. The largest absolute Gasteiger partial charge is 0.496 e. The number of para-hydroxylation sites is 1. The highest BCUT2D eigenvalue weighted by Crippen LogP contribution is 2.41. The molecule has 1 heterocycles. The molecule has 3 rings (SSSR count). The third-order valence-corrected chi connectivity index (χ3v) is 4.06. The monoisotopic (exact) mass is 285 g/mol. The molecule has 0 aliphatic carbocycles. The van der Waals surface area contributed by atoms with E-state index in [9.17, 15) is 9.18 Å². The molecule has 1 amide bonds. The zero-order valence-electron chi connectivity index (χ0n) is 11.9. The highest BCUT2D eigenvalue weighted by molar-refractivity contribution is 6.06. The summed E-state index contributed by atoms with van der Waals surface area (Å²) in [5.74, 6) is 0.280. The van der Waals surface area contributed by atoms with E-state index in [0.29, 0.717) is 17.7 Å². The second-order valence-corrected chi connectivity index (χ2v) is 5.46. The van der Waals surface area contributed by atoms with Crippen molar-refractivity contribution >= 4 is 11.6 Å². The summed E-state index contributed by atoms with van der Waals surface area (Å²) in [4.78, 5) is 12.4. The Morgan fingerprint density at radius 3 is 2.76 bits per heavy atom. The lowest BCUT2D eigenvalue weighted by molar-refractivity contribution is -0.120. The molecule has 0 aromatic heterocycles. The average molecular weight is 285 g/mol. The van der Waals surface area contributed by atoms with E-state index in [1.54, 1.807) is 13.2 Å². The lowest BCUT2D eigenvalue weighted by Gasteiger charge is -2.23. The summed E-state index contributed by atoms with van der Waals surface area (Å²) in [6.07, 6.45) is 0.458. The van der Waals surface area contributed by atoms with Crippen molar-refractivity contribution in [2.24, 2.45) is 0 Å². The molecule has 108 valence electrons. The van der Waals surface area contributed by atoms with Gasteiger partial charge in [0.25, 0.3) is 0 Å². The van der Waals surface area contributed by atoms with Crippen molar-refractivity contribution < 1.29 is 13.9 Å². The van der Waals surface area contributed by atoms with Crippen molar-refractivity contribution in [1.82, 2.24) is 0 Å². The van der Waals surface area contributed by atoms with Crippen LogP contribution in [-0.2, 0) is 16.6 Å². The van der Waals surface area contributed by atoms with Crippen LogP contribution >= 0.6 is 0 Å². The van der Waals surface area contributed by atoms with Gasteiger partial charge in [-0.05, 0) is 48.7 Å². The molecule has 1 unspecified atom stereocenters. The van der Waals surface area contributed by atoms with Gasteiger partial charge in [0.05, 0.1) is 12.5 Å². The molecule has 21 heavy (non-hydrogen) atoms. The molecular weight excluding hydrogens is 269 g/mol. The summed E-state index contributed by atoms with van der Waals surface area (Å²) < 4.78 is 18.9. The van der Waals surface area contributed by atoms with Crippen molar-refractivity contribution in [3.05, 3.63) is 59.4 Å². The number of nitrogens with one attached hydrogen (secondary N) is 1. The number of amides is 1. The Morgan fingerprint density at radius 1 is 1.24 bits per heavy atom. The van der Waals surface area contributed by atoms with E-state index < -0.39 is 5.41 Å². The summed E-state index contributed by atoms with van der Waals surface area (Å²) in [7, 11) is 1.60. The molecule has 0 spiro atoms. The fourth-order valence-corrected chi connectivity index (χ4v) is 2.87. The van der Waals surface area contributed by atoms with Crippen LogP contribution in [-0.4, -0.2) is 13.0 Å².